The number of para-hydroxylation sites is 2. The van der Waals surface area contributed by atoms with Crippen LogP contribution in [-0.4, -0.2) is 41.0 Å². The molecule has 0 spiro atoms. The minimum atomic E-state index is 0.0384. The van der Waals surface area contributed by atoms with E-state index in [-0.39, 0.29) is 6.10 Å². The quantitative estimate of drug-likeness (QED) is 0.403. The molecule has 3 aromatic carbocycles. The van der Waals surface area contributed by atoms with Crippen molar-refractivity contribution >= 4 is 5.69 Å². The van der Waals surface area contributed by atoms with E-state index in [1.165, 1.54) is 11.1 Å². The van der Waals surface area contributed by atoms with Gasteiger partial charge in [0.05, 0.1) is 24.7 Å². The average Bonchev–Trinajstić information content (AvgIpc) is 3.37. The topological polar surface area (TPSA) is 65.5 Å². The summed E-state index contributed by atoms with van der Waals surface area (Å²) in [4.78, 5) is 2.47. The Morgan fingerprint density at radius 3 is 2.47 bits per heavy atom. The zero-order valence-electron chi connectivity index (χ0n) is 19.4. The number of anilines is 1. The predicted molar refractivity (Wildman–Crippen MR) is 134 cm³/mol. The lowest BCUT2D eigenvalue weighted by atomic mass is 9.90. The molecule has 1 aromatic heterocycles. The minimum absolute atomic E-state index is 0.0384. The first-order chi connectivity index (χ1) is 16.7. The number of aromatic nitrogens is 2. The van der Waals surface area contributed by atoms with E-state index < -0.39 is 0 Å². The molecule has 1 fully saturated rings. The van der Waals surface area contributed by atoms with Gasteiger partial charge in [-0.3, -0.25) is 4.90 Å². The molecule has 1 saturated heterocycles. The lowest BCUT2D eigenvalue weighted by molar-refractivity contribution is 0.0721. The summed E-state index contributed by atoms with van der Waals surface area (Å²) in [6.45, 7) is 2.69. The zero-order chi connectivity index (χ0) is 23.3. The fourth-order valence-electron chi connectivity index (χ4n) is 4.63. The Morgan fingerprint density at radius 1 is 0.941 bits per heavy atom. The van der Waals surface area contributed by atoms with Crippen LogP contribution in [0.5, 0.6) is 11.5 Å². The van der Waals surface area contributed by atoms with Gasteiger partial charge in [-0.05, 0) is 53.9 Å². The molecule has 6 nitrogen and oxygen atoms in total. The first kappa shape index (κ1) is 22.0. The molecular formula is C28H30N4O2. The number of benzene rings is 3. The van der Waals surface area contributed by atoms with Crippen molar-refractivity contribution in [2.24, 2.45) is 0 Å². The Morgan fingerprint density at radius 2 is 1.71 bits per heavy atom. The second-order valence-corrected chi connectivity index (χ2v) is 8.81. The summed E-state index contributed by atoms with van der Waals surface area (Å²) in [5.41, 5.74) is 10.4. The maximum absolute atomic E-state index is 6.41. The number of likely N-dealkylation sites (tertiary alicyclic amines) is 1. The first-order valence-corrected chi connectivity index (χ1v) is 11.6. The molecule has 6 heteroatoms. The van der Waals surface area contributed by atoms with Crippen LogP contribution in [0, 0.1) is 0 Å². The van der Waals surface area contributed by atoms with Crippen LogP contribution in [0.15, 0.2) is 91.3 Å². The van der Waals surface area contributed by atoms with Crippen molar-refractivity contribution in [2.75, 3.05) is 25.9 Å². The maximum atomic E-state index is 6.41. The molecule has 0 saturated carbocycles. The van der Waals surface area contributed by atoms with Crippen LogP contribution in [0.1, 0.15) is 23.5 Å². The van der Waals surface area contributed by atoms with Crippen LogP contribution in [0.25, 0.3) is 5.69 Å². The molecule has 2 heterocycles. The summed E-state index contributed by atoms with van der Waals surface area (Å²) in [5.74, 6) is 1.89. The Labute approximate surface area is 200 Å². The van der Waals surface area contributed by atoms with Crippen molar-refractivity contribution in [3.8, 4) is 17.2 Å². The second-order valence-electron chi connectivity index (χ2n) is 8.81. The van der Waals surface area contributed by atoms with E-state index in [0.717, 1.165) is 43.2 Å². The molecule has 174 valence electrons. The van der Waals surface area contributed by atoms with E-state index in [0.29, 0.717) is 11.6 Å². The van der Waals surface area contributed by atoms with Crippen molar-refractivity contribution in [1.82, 2.24) is 14.7 Å². The molecular weight excluding hydrogens is 424 g/mol. The molecule has 2 atom stereocenters. The average molecular weight is 455 g/mol. The number of hydrogen-bond donors (Lipinski definition) is 1. The fourth-order valence-corrected chi connectivity index (χ4v) is 4.63. The van der Waals surface area contributed by atoms with Crippen molar-refractivity contribution in [1.29, 1.82) is 0 Å². The van der Waals surface area contributed by atoms with Crippen LogP contribution < -0.4 is 15.2 Å². The van der Waals surface area contributed by atoms with Gasteiger partial charge >= 0.3 is 0 Å². The second kappa shape index (κ2) is 10.0. The van der Waals surface area contributed by atoms with Gasteiger partial charge in [-0.25, -0.2) is 4.68 Å². The van der Waals surface area contributed by atoms with E-state index in [4.69, 9.17) is 15.2 Å². The smallest absolute Gasteiger partial charge is 0.142 e. The highest BCUT2D eigenvalue weighted by molar-refractivity contribution is 5.52. The number of nitrogen functional groups attached to an aromatic ring is 1. The van der Waals surface area contributed by atoms with Crippen molar-refractivity contribution in [3.63, 3.8) is 0 Å². The molecule has 0 radical (unpaired) electrons. The summed E-state index contributed by atoms with van der Waals surface area (Å²) >= 11 is 0. The third-order valence-corrected chi connectivity index (χ3v) is 6.36. The van der Waals surface area contributed by atoms with Crippen LogP contribution in [0.2, 0.25) is 0 Å². The van der Waals surface area contributed by atoms with Crippen LogP contribution in [0.3, 0.4) is 0 Å². The van der Waals surface area contributed by atoms with Crippen LogP contribution in [0.4, 0.5) is 5.69 Å². The lowest BCUT2D eigenvalue weighted by Gasteiger charge is -2.37. The number of piperidine rings is 1. The number of hydrogen-bond acceptors (Lipinski definition) is 5. The normalized spacial score (nSPS) is 18.5. The van der Waals surface area contributed by atoms with Gasteiger partial charge < -0.3 is 15.2 Å². The summed E-state index contributed by atoms with van der Waals surface area (Å²) in [6, 6.07) is 26.3. The standard InChI is InChI=1S/C28H30N4O2/c1-33-25-13-11-24(12-14-25)32-19-23(16-30-32)22-15-26(34-28-10-6-5-9-27(28)29)20-31(18-22)17-21-7-3-2-4-8-21/h2-14,16,19,22,26H,15,17-18,20,29H2,1H3. The van der Waals surface area contributed by atoms with Gasteiger partial charge in [0.15, 0.2) is 0 Å². The summed E-state index contributed by atoms with van der Waals surface area (Å²) in [6.07, 6.45) is 5.06. The number of nitrogens with two attached hydrogens (primary N) is 1. The summed E-state index contributed by atoms with van der Waals surface area (Å²) in [7, 11) is 1.67. The molecule has 2 unspecified atom stereocenters. The van der Waals surface area contributed by atoms with Crippen molar-refractivity contribution in [3.05, 3.63) is 102 Å². The van der Waals surface area contributed by atoms with E-state index in [2.05, 4.69) is 46.5 Å². The third-order valence-electron chi connectivity index (χ3n) is 6.36. The maximum Gasteiger partial charge on any atom is 0.142 e. The third kappa shape index (κ3) is 5.07. The van der Waals surface area contributed by atoms with Gasteiger partial charge in [0.25, 0.3) is 0 Å². The molecule has 0 aliphatic carbocycles. The van der Waals surface area contributed by atoms with E-state index in [1.54, 1.807) is 7.11 Å². The van der Waals surface area contributed by atoms with Gasteiger partial charge in [0, 0.05) is 31.7 Å². The van der Waals surface area contributed by atoms with Gasteiger partial charge in [-0.2, -0.15) is 5.10 Å². The summed E-state index contributed by atoms with van der Waals surface area (Å²) < 4.78 is 13.6. The molecule has 0 amide bonds. The van der Waals surface area contributed by atoms with Gasteiger partial charge in [-0.15, -0.1) is 0 Å². The molecule has 34 heavy (non-hydrogen) atoms. The number of nitrogens with zero attached hydrogens (tertiary/aromatic N) is 3. The fraction of sp³-hybridized carbons (Fsp3) is 0.250. The Kier molecular flexibility index (Phi) is 6.49. The molecule has 5 rings (SSSR count). The van der Waals surface area contributed by atoms with E-state index >= 15 is 0 Å². The lowest BCUT2D eigenvalue weighted by Crippen LogP contribution is -2.44. The number of rotatable bonds is 7. The Hall–Kier alpha value is -3.77. The highest BCUT2D eigenvalue weighted by Crippen LogP contribution is 2.32. The highest BCUT2D eigenvalue weighted by Gasteiger charge is 2.30. The van der Waals surface area contributed by atoms with Crippen LogP contribution >= 0.6 is 0 Å². The SMILES string of the molecule is COc1ccc(-n2cc(C3CC(Oc4ccccc4N)CN(Cc4ccccc4)C3)cn2)cc1. The largest absolute Gasteiger partial charge is 0.497 e. The molecule has 2 N–H and O–H groups in total. The van der Waals surface area contributed by atoms with Crippen molar-refractivity contribution in [2.45, 2.75) is 25.0 Å². The van der Waals surface area contributed by atoms with E-state index in [9.17, 15) is 0 Å². The monoisotopic (exact) mass is 454 g/mol. The zero-order valence-corrected chi connectivity index (χ0v) is 19.4. The molecule has 0 bridgehead atoms. The molecule has 1 aliphatic rings. The predicted octanol–water partition coefficient (Wildman–Crippen LogP) is 4.90. The first-order valence-electron chi connectivity index (χ1n) is 11.6. The van der Waals surface area contributed by atoms with E-state index in [1.807, 2.05) is 59.4 Å². The minimum Gasteiger partial charge on any atom is -0.497 e. The Bertz CT molecular complexity index is 1210. The van der Waals surface area contributed by atoms with Gasteiger partial charge in [0.1, 0.15) is 17.6 Å². The Balaban J connectivity index is 1.37. The summed E-state index contributed by atoms with van der Waals surface area (Å²) in [5, 5.41) is 4.65. The van der Waals surface area contributed by atoms with Gasteiger partial charge in [0.2, 0.25) is 0 Å². The van der Waals surface area contributed by atoms with Crippen molar-refractivity contribution < 1.29 is 9.47 Å². The number of methoxy groups -OCH3 is 1. The molecule has 4 aromatic rings. The highest BCUT2D eigenvalue weighted by atomic mass is 16.5. The van der Waals surface area contributed by atoms with Gasteiger partial charge in [-0.1, -0.05) is 42.5 Å². The number of ether oxygens (including phenoxy) is 2. The van der Waals surface area contributed by atoms with Crippen LogP contribution in [-0.2, 0) is 6.54 Å². The molecule has 1 aliphatic heterocycles.